The Morgan fingerprint density at radius 3 is 2.40 bits per heavy atom. The van der Waals surface area contributed by atoms with Crippen LogP contribution in [0.1, 0.15) is 25.5 Å². The lowest BCUT2D eigenvalue weighted by molar-refractivity contribution is 0.0170. The first-order chi connectivity index (χ1) is 14.1. The van der Waals surface area contributed by atoms with Gasteiger partial charge >= 0.3 is 0 Å². The molecular weight excluding hydrogens is 406 g/mol. The first-order valence-corrected chi connectivity index (χ1v) is 11.9. The van der Waals surface area contributed by atoms with E-state index < -0.39 is 15.6 Å². The van der Waals surface area contributed by atoms with E-state index in [1.54, 1.807) is 14.2 Å². The van der Waals surface area contributed by atoms with Crippen LogP contribution in [-0.2, 0) is 14.8 Å². The number of nitrogens with one attached hydrogen (secondary N) is 3. The van der Waals surface area contributed by atoms with Gasteiger partial charge in [0.15, 0.2) is 5.96 Å². The molecule has 1 aliphatic rings. The number of hydrogen-bond donors (Lipinski definition) is 3. The molecule has 0 aromatic heterocycles. The van der Waals surface area contributed by atoms with Crippen molar-refractivity contribution in [1.82, 2.24) is 20.3 Å². The van der Waals surface area contributed by atoms with Gasteiger partial charge in [-0.1, -0.05) is 12.1 Å². The van der Waals surface area contributed by atoms with Gasteiger partial charge in [0, 0.05) is 38.8 Å². The first kappa shape index (κ1) is 24.4. The molecule has 0 amide bonds. The van der Waals surface area contributed by atoms with Crippen LogP contribution in [0.4, 0.5) is 0 Å². The average Bonchev–Trinajstić information content (AvgIpc) is 2.70. The zero-order valence-corrected chi connectivity index (χ0v) is 19.4. The fourth-order valence-electron chi connectivity index (χ4n) is 3.43. The molecule has 1 aliphatic heterocycles. The number of guanidine groups is 1. The molecule has 1 saturated heterocycles. The van der Waals surface area contributed by atoms with Crippen molar-refractivity contribution in [2.75, 3.05) is 59.8 Å². The Labute approximate surface area is 180 Å². The van der Waals surface area contributed by atoms with E-state index in [0.29, 0.717) is 32.3 Å². The normalized spacial score (nSPS) is 17.4. The van der Waals surface area contributed by atoms with Gasteiger partial charge in [-0.3, -0.25) is 9.89 Å². The molecule has 9 nitrogen and oxygen atoms in total. The Kier molecular flexibility index (Phi) is 8.90. The number of aliphatic imine (C=N–C) groups is 1. The number of nitrogens with zero attached hydrogens (tertiary/aromatic N) is 2. The lowest BCUT2D eigenvalue weighted by Crippen LogP contribution is -2.53. The van der Waals surface area contributed by atoms with Gasteiger partial charge in [-0.2, -0.15) is 0 Å². The SMILES string of the molecule is CN=C(NCC(c1ccc(OC)cc1)N1CCOCC1)NCC(C)(C)NS(C)(=O)=O. The standard InChI is InChI=1S/C20H35N5O4S/c1-20(2,24-30(5,26)27)15-23-19(21-3)22-14-18(25-10-12-29-13-11-25)16-6-8-17(28-4)9-7-16/h6-9,18,24H,10-15H2,1-5H3,(H2,21,22,23). The van der Waals surface area contributed by atoms with Crippen molar-refractivity contribution in [3.05, 3.63) is 29.8 Å². The van der Waals surface area contributed by atoms with Gasteiger partial charge in [0.25, 0.3) is 0 Å². The number of methoxy groups -OCH3 is 1. The van der Waals surface area contributed by atoms with Crippen LogP contribution >= 0.6 is 0 Å². The highest BCUT2D eigenvalue weighted by Crippen LogP contribution is 2.23. The Hall–Kier alpha value is -1.88. The van der Waals surface area contributed by atoms with Crippen LogP contribution < -0.4 is 20.1 Å². The fourth-order valence-corrected chi connectivity index (χ4v) is 4.51. The average molecular weight is 442 g/mol. The summed E-state index contributed by atoms with van der Waals surface area (Å²) in [5, 5.41) is 6.59. The van der Waals surface area contributed by atoms with Crippen LogP contribution in [0.25, 0.3) is 0 Å². The summed E-state index contributed by atoms with van der Waals surface area (Å²) in [6.45, 7) is 7.82. The molecule has 0 saturated carbocycles. The lowest BCUT2D eigenvalue weighted by Gasteiger charge is -2.35. The molecular formula is C20H35N5O4S. The summed E-state index contributed by atoms with van der Waals surface area (Å²) >= 11 is 0. The second-order valence-electron chi connectivity index (χ2n) is 8.00. The summed E-state index contributed by atoms with van der Waals surface area (Å²) in [7, 11) is 0.0589. The van der Waals surface area contributed by atoms with Gasteiger partial charge in [0.2, 0.25) is 10.0 Å². The smallest absolute Gasteiger partial charge is 0.209 e. The minimum Gasteiger partial charge on any atom is -0.497 e. The molecule has 1 atom stereocenters. The van der Waals surface area contributed by atoms with E-state index in [0.717, 1.165) is 25.1 Å². The third kappa shape index (κ3) is 8.10. The van der Waals surface area contributed by atoms with Crippen molar-refractivity contribution in [2.45, 2.75) is 25.4 Å². The van der Waals surface area contributed by atoms with Gasteiger partial charge < -0.3 is 20.1 Å². The molecule has 1 heterocycles. The summed E-state index contributed by atoms with van der Waals surface area (Å²) < 4.78 is 36.5. The first-order valence-electron chi connectivity index (χ1n) is 10.0. The second-order valence-corrected chi connectivity index (χ2v) is 9.75. The van der Waals surface area contributed by atoms with E-state index in [-0.39, 0.29) is 6.04 Å². The zero-order chi connectivity index (χ0) is 22.2. The summed E-state index contributed by atoms with van der Waals surface area (Å²) in [5.41, 5.74) is 0.532. The van der Waals surface area contributed by atoms with Crippen LogP contribution in [0.15, 0.2) is 29.3 Å². The van der Waals surface area contributed by atoms with Crippen LogP contribution in [0.5, 0.6) is 5.75 Å². The summed E-state index contributed by atoms with van der Waals surface area (Å²) in [5.74, 6) is 1.44. The van der Waals surface area contributed by atoms with E-state index in [1.807, 2.05) is 26.0 Å². The van der Waals surface area contributed by atoms with Crippen molar-refractivity contribution in [2.24, 2.45) is 4.99 Å². The van der Waals surface area contributed by atoms with Gasteiger partial charge in [-0.15, -0.1) is 0 Å². The Morgan fingerprint density at radius 1 is 1.23 bits per heavy atom. The predicted molar refractivity (Wildman–Crippen MR) is 120 cm³/mol. The minimum atomic E-state index is -3.30. The van der Waals surface area contributed by atoms with Crippen molar-refractivity contribution in [3.63, 3.8) is 0 Å². The topological polar surface area (TPSA) is 104 Å². The third-order valence-corrected chi connectivity index (χ3v) is 5.76. The number of ether oxygens (including phenoxy) is 2. The monoisotopic (exact) mass is 441 g/mol. The molecule has 170 valence electrons. The Balaban J connectivity index is 2.03. The molecule has 1 aromatic carbocycles. The maximum atomic E-state index is 11.5. The minimum absolute atomic E-state index is 0.139. The summed E-state index contributed by atoms with van der Waals surface area (Å²) in [6, 6.07) is 8.23. The number of hydrogen-bond acceptors (Lipinski definition) is 6. The fraction of sp³-hybridized carbons (Fsp3) is 0.650. The van der Waals surface area contributed by atoms with Crippen molar-refractivity contribution in [1.29, 1.82) is 0 Å². The van der Waals surface area contributed by atoms with Crippen molar-refractivity contribution >= 4 is 16.0 Å². The molecule has 0 radical (unpaired) electrons. The zero-order valence-electron chi connectivity index (χ0n) is 18.6. The third-order valence-electron chi connectivity index (χ3n) is 4.83. The van der Waals surface area contributed by atoms with Gasteiger partial charge in [0.05, 0.1) is 32.6 Å². The highest BCUT2D eigenvalue weighted by atomic mass is 32.2. The van der Waals surface area contributed by atoms with Crippen molar-refractivity contribution in [3.8, 4) is 5.75 Å². The molecule has 1 aromatic rings. The largest absolute Gasteiger partial charge is 0.497 e. The van der Waals surface area contributed by atoms with Crippen LogP contribution in [0.3, 0.4) is 0 Å². The van der Waals surface area contributed by atoms with Gasteiger partial charge in [-0.05, 0) is 31.5 Å². The lowest BCUT2D eigenvalue weighted by atomic mass is 10.0. The number of rotatable bonds is 9. The van der Waals surface area contributed by atoms with Crippen molar-refractivity contribution < 1.29 is 17.9 Å². The molecule has 30 heavy (non-hydrogen) atoms. The molecule has 1 unspecified atom stereocenters. The number of morpholine rings is 1. The van der Waals surface area contributed by atoms with Crippen LogP contribution in [0.2, 0.25) is 0 Å². The maximum Gasteiger partial charge on any atom is 0.209 e. The molecule has 10 heteroatoms. The molecule has 0 bridgehead atoms. The molecule has 0 aliphatic carbocycles. The van der Waals surface area contributed by atoms with E-state index >= 15 is 0 Å². The molecule has 0 spiro atoms. The number of sulfonamides is 1. The van der Waals surface area contributed by atoms with E-state index in [9.17, 15) is 8.42 Å². The number of benzene rings is 1. The van der Waals surface area contributed by atoms with E-state index in [4.69, 9.17) is 9.47 Å². The Morgan fingerprint density at radius 2 is 1.87 bits per heavy atom. The van der Waals surface area contributed by atoms with Crippen LogP contribution in [-0.4, -0.2) is 84.6 Å². The quantitative estimate of drug-likeness (QED) is 0.380. The molecule has 1 fully saturated rings. The highest BCUT2D eigenvalue weighted by molar-refractivity contribution is 7.88. The highest BCUT2D eigenvalue weighted by Gasteiger charge is 2.25. The van der Waals surface area contributed by atoms with Gasteiger partial charge in [-0.25, -0.2) is 13.1 Å². The summed E-state index contributed by atoms with van der Waals surface area (Å²) in [6.07, 6.45) is 1.16. The van der Waals surface area contributed by atoms with Gasteiger partial charge in [0.1, 0.15) is 5.75 Å². The van der Waals surface area contributed by atoms with E-state index in [2.05, 4.69) is 37.4 Å². The molecule has 3 N–H and O–H groups in total. The summed E-state index contributed by atoms with van der Waals surface area (Å²) in [4.78, 5) is 6.67. The van der Waals surface area contributed by atoms with E-state index in [1.165, 1.54) is 5.56 Å². The second kappa shape index (κ2) is 10.9. The predicted octanol–water partition coefficient (Wildman–Crippen LogP) is 0.561. The van der Waals surface area contributed by atoms with Crippen LogP contribution in [0, 0.1) is 0 Å². The maximum absolute atomic E-state index is 11.5. The Bertz CT molecular complexity index is 790. The molecule has 2 rings (SSSR count).